The smallest absolute Gasteiger partial charge is 0.118 e. The van der Waals surface area contributed by atoms with Crippen molar-refractivity contribution in [1.29, 1.82) is 0 Å². The van der Waals surface area contributed by atoms with Crippen LogP contribution < -0.4 is 5.32 Å². The second-order valence-electron chi connectivity index (χ2n) is 5.21. The number of aryl methyl sites for hydroxylation is 1. The summed E-state index contributed by atoms with van der Waals surface area (Å²) in [7, 11) is 0. The minimum absolute atomic E-state index is 0.684. The molecule has 0 bridgehead atoms. The molecule has 1 aromatic carbocycles. The zero-order chi connectivity index (χ0) is 14.7. The summed E-state index contributed by atoms with van der Waals surface area (Å²) < 4.78 is 7.71. The maximum atomic E-state index is 5.80. The highest BCUT2D eigenvalue weighted by Gasteiger charge is 2.10. The molecule has 0 atom stereocenters. The summed E-state index contributed by atoms with van der Waals surface area (Å²) >= 11 is 0. The van der Waals surface area contributed by atoms with Gasteiger partial charge >= 0.3 is 0 Å². The first-order valence-corrected chi connectivity index (χ1v) is 7.35. The van der Waals surface area contributed by atoms with E-state index in [0.29, 0.717) is 6.54 Å². The lowest BCUT2D eigenvalue weighted by Crippen LogP contribution is -2.13. The minimum Gasteiger partial charge on any atom is -0.465 e. The lowest BCUT2D eigenvalue weighted by atomic mass is 10.2. The Bertz CT molecular complexity index is 729. The molecule has 5 nitrogen and oxygen atoms in total. The summed E-state index contributed by atoms with van der Waals surface area (Å²) in [5.74, 6) is 1.92. The van der Waals surface area contributed by atoms with Crippen LogP contribution in [0.4, 0.5) is 0 Å². The number of nitrogens with one attached hydrogen (secondary N) is 1. The fourth-order valence-electron chi connectivity index (χ4n) is 2.42. The van der Waals surface area contributed by atoms with E-state index >= 15 is 0 Å². The van der Waals surface area contributed by atoms with Crippen LogP contribution in [0.5, 0.6) is 0 Å². The zero-order valence-electron chi connectivity index (χ0n) is 12.5. The highest BCUT2D eigenvalue weighted by Crippen LogP contribution is 2.18. The van der Waals surface area contributed by atoms with Crippen LogP contribution in [-0.2, 0) is 13.1 Å². The van der Waals surface area contributed by atoms with Crippen molar-refractivity contribution < 1.29 is 4.42 Å². The van der Waals surface area contributed by atoms with Gasteiger partial charge in [-0.15, -0.1) is 5.10 Å². The van der Waals surface area contributed by atoms with Crippen LogP contribution in [0, 0.1) is 6.92 Å². The summed E-state index contributed by atoms with van der Waals surface area (Å²) in [6.45, 7) is 6.61. The lowest BCUT2D eigenvalue weighted by molar-refractivity contribution is 0.459. The molecule has 0 saturated heterocycles. The molecule has 5 heteroatoms. The first-order valence-electron chi connectivity index (χ1n) is 7.35. The van der Waals surface area contributed by atoms with Crippen LogP contribution in [0.15, 0.2) is 34.7 Å². The van der Waals surface area contributed by atoms with Crippen molar-refractivity contribution in [3.05, 3.63) is 47.4 Å². The molecule has 0 spiro atoms. The number of furan rings is 1. The average molecular weight is 284 g/mol. The molecule has 2 aromatic heterocycles. The van der Waals surface area contributed by atoms with Crippen LogP contribution in [0.25, 0.3) is 11.0 Å². The molecular formula is C16H20N4O. The van der Waals surface area contributed by atoms with Gasteiger partial charge in [0.25, 0.3) is 0 Å². The van der Waals surface area contributed by atoms with Crippen LogP contribution in [0.3, 0.4) is 0 Å². The standard InChI is InChI=1S/C16H20N4O/c1-3-8-17-10-14-9-13(12(2)21-14)11-20-16-7-5-4-6-15(16)18-19-20/h4-7,9,17H,3,8,10-11H2,1-2H3. The number of hydrogen-bond donors (Lipinski definition) is 1. The van der Waals surface area contributed by atoms with Crippen LogP contribution in [0.2, 0.25) is 0 Å². The molecule has 1 N–H and O–H groups in total. The van der Waals surface area contributed by atoms with E-state index in [1.54, 1.807) is 0 Å². The molecule has 2 heterocycles. The van der Waals surface area contributed by atoms with E-state index < -0.39 is 0 Å². The number of fused-ring (bicyclic) bond motifs is 1. The second-order valence-corrected chi connectivity index (χ2v) is 5.21. The monoisotopic (exact) mass is 284 g/mol. The number of aromatic nitrogens is 3. The molecule has 0 aliphatic heterocycles. The third kappa shape index (κ3) is 2.97. The SMILES string of the molecule is CCCNCc1cc(Cn2nnc3ccccc32)c(C)o1. The predicted molar refractivity (Wildman–Crippen MR) is 82.1 cm³/mol. The van der Waals surface area contributed by atoms with E-state index in [-0.39, 0.29) is 0 Å². The highest BCUT2D eigenvalue weighted by atomic mass is 16.3. The molecule has 110 valence electrons. The van der Waals surface area contributed by atoms with E-state index in [0.717, 1.165) is 47.6 Å². The van der Waals surface area contributed by atoms with Gasteiger partial charge in [0.1, 0.15) is 17.0 Å². The van der Waals surface area contributed by atoms with Crippen LogP contribution in [0.1, 0.15) is 30.4 Å². The number of rotatable bonds is 6. The topological polar surface area (TPSA) is 55.9 Å². The van der Waals surface area contributed by atoms with Crippen molar-refractivity contribution in [1.82, 2.24) is 20.3 Å². The van der Waals surface area contributed by atoms with Gasteiger partial charge in [0.15, 0.2) is 0 Å². The first-order chi connectivity index (χ1) is 10.3. The van der Waals surface area contributed by atoms with Gasteiger partial charge in [-0.1, -0.05) is 24.3 Å². The molecular weight excluding hydrogens is 264 g/mol. The van der Waals surface area contributed by atoms with E-state index in [1.165, 1.54) is 0 Å². The van der Waals surface area contributed by atoms with E-state index in [1.807, 2.05) is 35.9 Å². The van der Waals surface area contributed by atoms with Crippen molar-refractivity contribution in [3.8, 4) is 0 Å². The summed E-state index contributed by atoms with van der Waals surface area (Å²) in [5, 5.41) is 11.8. The minimum atomic E-state index is 0.684. The Kier molecular flexibility index (Phi) is 4.01. The van der Waals surface area contributed by atoms with Gasteiger partial charge in [0.2, 0.25) is 0 Å². The maximum absolute atomic E-state index is 5.80. The van der Waals surface area contributed by atoms with Gasteiger partial charge in [-0.05, 0) is 38.1 Å². The molecule has 21 heavy (non-hydrogen) atoms. The van der Waals surface area contributed by atoms with Crippen molar-refractivity contribution in [2.24, 2.45) is 0 Å². The zero-order valence-corrected chi connectivity index (χ0v) is 12.5. The summed E-state index contributed by atoms with van der Waals surface area (Å²) in [6.07, 6.45) is 1.12. The Morgan fingerprint density at radius 2 is 2.14 bits per heavy atom. The van der Waals surface area contributed by atoms with Gasteiger partial charge < -0.3 is 9.73 Å². The van der Waals surface area contributed by atoms with Gasteiger partial charge in [0.05, 0.1) is 18.6 Å². The number of nitrogens with zero attached hydrogens (tertiary/aromatic N) is 3. The summed E-state index contributed by atoms with van der Waals surface area (Å²) in [6, 6.07) is 10.1. The normalized spacial score (nSPS) is 11.3. The van der Waals surface area contributed by atoms with Crippen LogP contribution in [-0.4, -0.2) is 21.5 Å². The molecule has 0 aliphatic rings. The summed E-state index contributed by atoms with van der Waals surface area (Å²) in [5.41, 5.74) is 3.12. The van der Waals surface area contributed by atoms with Crippen molar-refractivity contribution in [3.63, 3.8) is 0 Å². The van der Waals surface area contributed by atoms with E-state index in [4.69, 9.17) is 4.42 Å². The molecule has 0 fully saturated rings. The molecule has 3 rings (SSSR count). The van der Waals surface area contributed by atoms with Gasteiger partial charge in [0, 0.05) is 5.56 Å². The highest BCUT2D eigenvalue weighted by molar-refractivity contribution is 5.73. The average Bonchev–Trinajstić information content (AvgIpc) is 3.05. The largest absolute Gasteiger partial charge is 0.465 e. The van der Waals surface area contributed by atoms with Gasteiger partial charge in [-0.25, -0.2) is 4.68 Å². The van der Waals surface area contributed by atoms with Crippen molar-refractivity contribution in [2.75, 3.05) is 6.54 Å². The fraction of sp³-hybridized carbons (Fsp3) is 0.375. The number of para-hydroxylation sites is 1. The molecule has 0 aliphatic carbocycles. The maximum Gasteiger partial charge on any atom is 0.118 e. The summed E-state index contributed by atoms with van der Waals surface area (Å²) in [4.78, 5) is 0. The first kappa shape index (κ1) is 13.8. The number of benzene rings is 1. The Labute approximate surface area is 123 Å². The molecule has 3 aromatic rings. The second kappa shape index (κ2) is 6.10. The van der Waals surface area contributed by atoms with Gasteiger partial charge in [-0.3, -0.25) is 0 Å². The van der Waals surface area contributed by atoms with Crippen LogP contribution >= 0.6 is 0 Å². The van der Waals surface area contributed by atoms with Crippen molar-refractivity contribution in [2.45, 2.75) is 33.4 Å². The fourth-order valence-corrected chi connectivity index (χ4v) is 2.42. The quantitative estimate of drug-likeness (QED) is 0.707. The third-order valence-corrected chi connectivity index (χ3v) is 3.54. The van der Waals surface area contributed by atoms with Crippen molar-refractivity contribution >= 4 is 11.0 Å². The Hall–Kier alpha value is -2.14. The Morgan fingerprint density at radius 1 is 1.29 bits per heavy atom. The number of hydrogen-bond acceptors (Lipinski definition) is 4. The molecule has 0 unspecified atom stereocenters. The molecule has 0 amide bonds. The van der Waals surface area contributed by atoms with Gasteiger partial charge in [-0.2, -0.15) is 0 Å². The third-order valence-electron chi connectivity index (χ3n) is 3.54. The predicted octanol–water partition coefficient (Wildman–Crippen LogP) is 2.88. The Balaban J connectivity index is 1.78. The molecule has 0 saturated carbocycles. The molecule has 0 radical (unpaired) electrons. The Morgan fingerprint density at radius 3 is 3.00 bits per heavy atom. The van der Waals surface area contributed by atoms with E-state index in [9.17, 15) is 0 Å². The van der Waals surface area contributed by atoms with E-state index in [2.05, 4.69) is 28.6 Å². The lowest BCUT2D eigenvalue weighted by Gasteiger charge is -2.00.